The molecule has 0 aliphatic rings. The maximum absolute atomic E-state index is 5.14. The highest BCUT2D eigenvalue weighted by molar-refractivity contribution is 5.52. The van der Waals surface area contributed by atoms with Gasteiger partial charge in [-0.1, -0.05) is 6.58 Å². The lowest BCUT2D eigenvalue weighted by molar-refractivity contribution is 0.551. The van der Waals surface area contributed by atoms with Crippen LogP contribution in [0.4, 0.5) is 0 Å². The monoisotopic (exact) mass is 114 g/mol. The summed E-state index contributed by atoms with van der Waals surface area (Å²) in [7, 11) is 1.67. The number of rotatable bonds is 3. The van der Waals surface area contributed by atoms with Crippen molar-refractivity contribution in [3.8, 4) is 0 Å². The summed E-state index contributed by atoms with van der Waals surface area (Å²) in [6.07, 6.45) is 2.89. The fraction of sp³-hybridized carbons (Fsp3) is 0.250. The summed E-state index contributed by atoms with van der Waals surface area (Å²) >= 11 is 0. The van der Waals surface area contributed by atoms with Gasteiger partial charge in [-0.2, -0.15) is 5.10 Å². The predicted molar refractivity (Wildman–Crippen MR) is 33.8 cm³/mol. The van der Waals surface area contributed by atoms with Crippen molar-refractivity contribution in [3.05, 3.63) is 12.8 Å². The molecule has 0 saturated carbocycles. The van der Waals surface area contributed by atoms with Crippen LogP contribution in [0.5, 0.6) is 0 Å². The molecule has 0 radical (unpaired) electrons. The van der Waals surface area contributed by atoms with Crippen molar-refractivity contribution in [2.75, 3.05) is 7.05 Å². The molecule has 3 N–H and O–H groups in total. The Morgan fingerprint density at radius 1 is 1.88 bits per heavy atom. The van der Waals surface area contributed by atoms with Gasteiger partial charge in [0.2, 0.25) is 0 Å². The third-order valence-corrected chi connectivity index (χ3v) is 0.406. The van der Waals surface area contributed by atoms with Crippen LogP contribution in [0.2, 0.25) is 0 Å². The average molecular weight is 114 g/mol. The van der Waals surface area contributed by atoms with Gasteiger partial charge in [-0.25, -0.2) is 5.84 Å². The molecule has 0 amide bonds. The number of hydrazine groups is 1. The summed E-state index contributed by atoms with van der Waals surface area (Å²) in [6.45, 7) is 3.37. The van der Waals surface area contributed by atoms with Crippen LogP contribution in [0, 0.1) is 0 Å². The van der Waals surface area contributed by atoms with Crippen molar-refractivity contribution >= 4 is 6.34 Å². The highest BCUT2D eigenvalue weighted by Crippen LogP contribution is 1.57. The number of hydrogen-bond donors (Lipinski definition) is 2. The summed E-state index contributed by atoms with van der Waals surface area (Å²) < 4.78 is 0. The first-order chi connectivity index (χ1) is 3.77. The SMILES string of the molecule is C=CN/N=C\N(C)N. The van der Waals surface area contributed by atoms with Crippen molar-refractivity contribution in [2.45, 2.75) is 0 Å². The van der Waals surface area contributed by atoms with Crippen LogP contribution in [0.15, 0.2) is 17.9 Å². The van der Waals surface area contributed by atoms with Gasteiger partial charge < -0.3 is 5.01 Å². The Morgan fingerprint density at radius 2 is 2.50 bits per heavy atom. The topological polar surface area (TPSA) is 53.7 Å². The molecule has 0 bridgehead atoms. The van der Waals surface area contributed by atoms with E-state index in [0.29, 0.717) is 0 Å². The maximum Gasteiger partial charge on any atom is 0.125 e. The first kappa shape index (κ1) is 6.97. The third kappa shape index (κ3) is 4.97. The highest BCUT2D eigenvalue weighted by Gasteiger charge is 1.71. The van der Waals surface area contributed by atoms with Crippen molar-refractivity contribution < 1.29 is 0 Å². The third-order valence-electron chi connectivity index (χ3n) is 0.406. The van der Waals surface area contributed by atoms with E-state index in [4.69, 9.17) is 5.84 Å². The number of nitrogens with one attached hydrogen (secondary N) is 1. The van der Waals surface area contributed by atoms with Gasteiger partial charge in [-0.15, -0.1) is 0 Å². The molecule has 0 rings (SSSR count). The molecule has 0 spiro atoms. The smallest absolute Gasteiger partial charge is 0.125 e. The van der Waals surface area contributed by atoms with Gasteiger partial charge in [0.05, 0.1) is 0 Å². The maximum atomic E-state index is 5.14. The van der Waals surface area contributed by atoms with Gasteiger partial charge in [0.1, 0.15) is 6.34 Å². The molecular formula is C4H10N4. The van der Waals surface area contributed by atoms with E-state index in [0.717, 1.165) is 0 Å². The minimum atomic E-state index is 1.33. The van der Waals surface area contributed by atoms with Crippen molar-refractivity contribution in [1.29, 1.82) is 0 Å². The van der Waals surface area contributed by atoms with Crippen LogP contribution >= 0.6 is 0 Å². The molecule has 0 fully saturated rings. The van der Waals surface area contributed by atoms with E-state index in [2.05, 4.69) is 17.1 Å². The van der Waals surface area contributed by atoms with Crippen LogP contribution in [0.25, 0.3) is 0 Å². The zero-order valence-corrected chi connectivity index (χ0v) is 4.83. The lowest BCUT2D eigenvalue weighted by atomic mass is 11.0. The van der Waals surface area contributed by atoms with Gasteiger partial charge in [0.15, 0.2) is 0 Å². The fourth-order valence-corrected chi connectivity index (χ4v) is 0.177. The molecule has 0 saturated heterocycles. The van der Waals surface area contributed by atoms with Gasteiger partial charge in [-0.3, -0.25) is 5.43 Å². The van der Waals surface area contributed by atoms with Gasteiger partial charge in [0, 0.05) is 13.2 Å². The van der Waals surface area contributed by atoms with Crippen LogP contribution < -0.4 is 11.3 Å². The summed E-state index contributed by atoms with van der Waals surface area (Å²) in [5, 5.41) is 4.93. The molecule has 0 aliphatic carbocycles. The Labute approximate surface area is 48.6 Å². The number of nitrogens with zero attached hydrogens (tertiary/aromatic N) is 2. The molecule has 0 atom stereocenters. The van der Waals surface area contributed by atoms with Crippen LogP contribution in [-0.2, 0) is 0 Å². The van der Waals surface area contributed by atoms with E-state index < -0.39 is 0 Å². The minimum Gasteiger partial charge on any atom is -0.303 e. The van der Waals surface area contributed by atoms with E-state index in [-0.39, 0.29) is 0 Å². The molecule has 0 aromatic rings. The molecule has 4 heteroatoms. The standard InChI is InChI=1S/C4H10N4/c1-3-6-7-4-8(2)5/h3-4,6H,1,5H2,2H3/b7-4-. The van der Waals surface area contributed by atoms with E-state index in [1.807, 2.05) is 0 Å². The predicted octanol–water partition coefficient (Wildman–Crippen LogP) is -0.532. The normalized spacial score (nSPS) is 9.25. The first-order valence-corrected chi connectivity index (χ1v) is 2.14. The quantitative estimate of drug-likeness (QED) is 0.224. The van der Waals surface area contributed by atoms with Gasteiger partial charge in [0.25, 0.3) is 0 Å². The van der Waals surface area contributed by atoms with Crippen molar-refractivity contribution in [1.82, 2.24) is 10.4 Å². The molecular weight excluding hydrogens is 104 g/mol. The number of hydrazone groups is 1. The molecule has 0 heterocycles. The second-order valence-corrected chi connectivity index (χ2v) is 1.24. The summed E-state index contributed by atoms with van der Waals surface area (Å²) in [4.78, 5) is 0. The number of hydrogen-bond acceptors (Lipinski definition) is 3. The van der Waals surface area contributed by atoms with Gasteiger partial charge >= 0.3 is 0 Å². The van der Waals surface area contributed by atoms with E-state index in [1.54, 1.807) is 7.05 Å². The molecule has 0 aromatic carbocycles. The second-order valence-electron chi connectivity index (χ2n) is 1.24. The summed E-state index contributed by atoms with van der Waals surface area (Å²) in [5.41, 5.74) is 2.49. The Balaban J connectivity index is 3.19. The summed E-state index contributed by atoms with van der Waals surface area (Å²) in [6, 6.07) is 0. The largest absolute Gasteiger partial charge is 0.303 e. The molecule has 0 unspecified atom stereocenters. The molecule has 0 aromatic heterocycles. The zero-order valence-electron chi connectivity index (χ0n) is 4.83. The highest BCUT2D eigenvalue weighted by atomic mass is 15.4. The van der Waals surface area contributed by atoms with Crippen LogP contribution in [0.3, 0.4) is 0 Å². The Kier molecular flexibility index (Phi) is 3.60. The van der Waals surface area contributed by atoms with E-state index >= 15 is 0 Å². The van der Waals surface area contributed by atoms with Crippen molar-refractivity contribution in [3.63, 3.8) is 0 Å². The summed E-state index contributed by atoms with van der Waals surface area (Å²) in [5.74, 6) is 5.14. The van der Waals surface area contributed by atoms with Crippen LogP contribution in [0.1, 0.15) is 0 Å². The Bertz CT molecular complexity index is 86.0. The van der Waals surface area contributed by atoms with Crippen molar-refractivity contribution in [2.24, 2.45) is 10.9 Å². The van der Waals surface area contributed by atoms with E-state index in [9.17, 15) is 0 Å². The first-order valence-electron chi connectivity index (χ1n) is 2.14. The Hall–Kier alpha value is -1.03. The molecule has 4 nitrogen and oxygen atoms in total. The fourth-order valence-electron chi connectivity index (χ4n) is 0.177. The number of nitrogens with two attached hydrogens (primary N) is 1. The molecule has 8 heavy (non-hydrogen) atoms. The van der Waals surface area contributed by atoms with Crippen LogP contribution in [-0.4, -0.2) is 18.4 Å². The lowest BCUT2D eigenvalue weighted by Gasteiger charge is -2.00. The Morgan fingerprint density at radius 3 is 2.88 bits per heavy atom. The zero-order chi connectivity index (χ0) is 6.41. The van der Waals surface area contributed by atoms with E-state index in [1.165, 1.54) is 17.5 Å². The molecule has 0 aliphatic heterocycles. The minimum absolute atomic E-state index is 1.33. The second kappa shape index (κ2) is 4.14. The molecule has 46 valence electrons. The average Bonchev–Trinajstić information content (AvgIpc) is 1.66. The van der Waals surface area contributed by atoms with Gasteiger partial charge in [-0.05, 0) is 0 Å². The lowest BCUT2D eigenvalue weighted by Crippen LogP contribution is -2.24.